The number of rotatable bonds is 0. The second kappa shape index (κ2) is 6.59. The van der Waals surface area contributed by atoms with E-state index >= 15 is 0 Å². The summed E-state index contributed by atoms with van der Waals surface area (Å²) in [6.45, 7) is 8.73. The molecule has 2 aliphatic heterocycles. The van der Waals surface area contributed by atoms with Crippen LogP contribution in [-0.2, 0) is 17.6 Å². The van der Waals surface area contributed by atoms with Gasteiger partial charge in [0.25, 0.3) is 0 Å². The molecule has 170 valence electrons. The molecule has 1 spiro atoms. The Hall–Kier alpha value is -0.870. The van der Waals surface area contributed by atoms with Crippen LogP contribution < -0.4 is 5.32 Å². The Morgan fingerprint density at radius 1 is 1.13 bits per heavy atom. The Labute approximate surface area is 187 Å². The quantitative estimate of drug-likeness (QED) is 0.633. The Balaban J connectivity index is 1.15. The molecule has 31 heavy (non-hydrogen) atoms. The second-order valence-corrected chi connectivity index (χ2v) is 13.0. The van der Waals surface area contributed by atoms with E-state index in [1.165, 1.54) is 75.6 Å². The van der Waals surface area contributed by atoms with E-state index in [0.29, 0.717) is 23.5 Å². The molecular formula is C27H41N3O. The van der Waals surface area contributed by atoms with Crippen LogP contribution in [0.25, 0.3) is 0 Å². The van der Waals surface area contributed by atoms with Gasteiger partial charge in [0, 0.05) is 17.7 Å². The molecule has 7 rings (SSSR count). The highest BCUT2D eigenvalue weighted by molar-refractivity contribution is 5.26. The first-order valence-electron chi connectivity index (χ1n) is 13.4. The van der Waals surface area contributed by atoms with Gasteiger partial charge in [0.2, 0.25) is 0 Å². The number of nitrogens with one attached hydrogen (secondary N) is 2. The molecule has 6 aliphatic rings. The van der Waals surface area contributed by atoms with Crippen molar-refractivity contribution in [1.82, 2.24) is 15.5 Å². The fraction of sp³-hybridized carbons (Fsp3) is 0.889. The van der Waals surface area contributed by atoms with Gasteiger partial charge in [0.05, 0.1) is 17.9 Å². The van der Waals surface area contributed by atoms with Gasteiger partial charge in [-0.2, -0.15) is 5.10 Å². The summed E-state index contributed by atoms with van der Waals surface area (Å²) in [5.74, 6) is 6.01. The van der Waals surface area contributed by atoms with Crippen LogP contribution >= 0.6 is 0 Å². The first-order valence-corrected chi connectivity index (χ1v) is 13.4. The highest BCUT2D eigenvalue weighted by Gasteiger charge is 2.62. The molecule has 11 atom stereocenters. The summed E-state index contributed by atoms with van der Waals surface area (Å²) in [7, 11) is 0. The molecule has 3 heterocycles. The van der Waals surface area contributed by atoms with Crippen LogP contribution in [-0.4, -0.2) is 34.5 Å². The minimum absolute atomic E-state index is 0.158. The standard InChI is InChI=1S/C27H41N3O/c1-15-8-24-25(28-13-15)16(2)27(31-24)7-6-20-17(12-27)9-22-21(20)5-4-19-10-23-18(14-29-30-23)11-26(19,22)3/h14-17,19-22,24-25,28H,4-13H2,1-3H3,(H,29,30)/t15-,16+,17?,19+,20+,21-,22-,24+,25-,26-,27-/m0/s1. The molecule has 0 radical (unpaired) electrons. The maximum atomic E-state index is 7.03. The molecule has 1 aromatic heterocycles. The normalized spacial score (nSPS) is 55.3. The molecule has 4 heteroatoms. The number of fused-ring (bicyclic) bond motifs is 7. The van der Waals surface area contributed by atoms with E-state index in [1.54, 1.807) is 0 Å². The van der Waals surface area contributed by atoms with Gasteiger partial charge in [0.15, 0.2) is 0 Å². The molecule has 0 amide bonds. The molecule has 1 unspecified atom stereocenters. The third-order valence-electron chi connectivity index (χ3n) is 11.7. The van der Waals surface area contributed by atoms with E-state index in [1.807, 2.05) is 0 Å². The van der Waals surface area contributed by atoms with Crippen molar-refractivity contribution in [2.45, 2.75) is 96.3 Å². The van der Waals surface area contributed by atoms with Crippen LogP contribution in [0.4, 0.5) is 0 Å². The van der Waals surface area contributed by atoms with Crippen LogP contribution in [0.5, 0.6) is 0 Å². The minimum Gasteiger partial charge on any atom is -0.370 e. The van der Waals surface area contributed by atoms with Gasteiger partial charge in [0.1, 0.15) is 0 Å². The third kappa shape index (κ3) is 2.64. The summed E-state index contributed by atoms with van der Waals surface area (Å²) < 4.78 is 7.03. The molecular weight excluding hydrogens is 382 g/mol. The second-order valence-electron chi connectivity index (χ2n) is 13.0. The maximum Gasteiger partial charge on any atom is 0.0742 e. The predicted octanol–water partition coefficient (Wildman–Crippen LogP) is 4.75. The van der Waals surface area contributed by atoms with Gasteiger partial charge >= 0.3 is 0 Å². The Morgan fingerprint density at radius 3 is 2.94 bits per heavy atom. The third-order valence-corrected chi connectivity index (χ3v) is 11.7. The van der Waals surface area contributed by atoms with E-state index in [2.05, 4.69) is 42.5 Å². The molecule has 4 aliphatic carbocycles. The summed E-state index contributed by atoms with van der Waals surface area (Å²) in [5, 5.41) is 11.6. The lowest BCUT2D eigenvalue weighted by atomic mass is 9.52. The van der Waals surface area contributed by atoms with Crippen LogP contribution in [0.3, 0.4) is 0 Å². The smallest absolute Gasteiger partial charge is 0.0742 e. The number of piperidine rings is 1. The number of H-pyrrole nitrogens is 1. The number of hydrogen-bond acceptors (Lipinski definition) is 3. The zero-order chi connectivity index (χ0) is 21.0. The van der Waals surface area contributed by atoms with Crippen molar-refractivity contribution in [3.05, 3.63) is 17.5 Å². The monoisotopic (exact) mass is 423 g/mol. The van der Waals surface area contributed by atoms with Gasteiger partial charge in [-0.25, -0.2) is 0 Å². The molecule has 1 aromatic rings. The predicted molar refractivity (Wildman–Crippen MR) is 122 cm³/mol. The molecule has 5 fully saturated rings. The van der Waals surface area contributed by atoms with Crippen molar-refractivity contribution in [3.8, 4) is 0 Å². The summed E-state index contributed by atoms with van der Waals surface area (Å²) in [4.78, 5) is 0. The van der Waals surface area contributed by atoms with Gasteiger partial charge in [-0.3, -0.25) is 5.10 Å². The first kappa shape index (κ1) is 19.6. The molecule has 2 N–H and O–H groups in total. The lowest BCUT2D eigenvalue weighted by molar-refractivity contribution is -0.107. The van der Waals surface area contributed by atoms with E-state index in [-0.39, 0.29) is 5.60 Å². The average Bonchev–Trinajstić information content (AvgIpc) is 3.41. The zero-order valence-electron chi connectivity index (χ0n) is 19.7. The van der Waals surface area contributed by atoms with Crippen molar-refractivity contribution < 1.29 is 4.74 Å². The Morgan fingerprint density at radius 2 is 2.03 bits per heavy atom. The van der Waals surface area contributed by atoms with E-state index in [4.69, 9.17) is 4.74 Å². The average molecular weight is 424 g/mol. The van der Waals surface area contributed by atoms with Gasteiger partial charge < -0.3 is 10.1 Å². The van der Waals surface area contributed by atoms with E-state index in [0.717, 1.165) is 35.5 Å². The number of ether oxygens (including phenoxy) is 1. The fourth-order valence-electron chi connectivity index (χ4n) is 10.1. The summed E-state index contributed by atoms with van der Waals surface area (Å²) in [5.41, 5.74) is 3.60. The summed E-state index contributed by atoms with van der Waals surface area (Å²) >= 11 is 0. The van der Waals surface area contributed by atoms with Crippen LogP contribution in [0.1, 0.15) is 77.0 Å². The van der Waals surface area contributed by atoms with Crippen LogP contribution in [0.2, 0.25) is 0 Å². The molecule has 2 saturated heterocycles. The lowest BCUT2D eigenvalue weighted by Crippen LogP contribution is -2.49. The van der Waals surface area contributed by atoms with Crippen molar-refractivity contribution in [3.63, 3.8) is 0 Å². The largest absolute Gasteiger partial charge is 0.370 e. The zero-order valence-corrected chi connectivity index (χ0v) is 19.7. The fourth-order valence-corrected chi connectivity index (χ4v) is 10.1. The molecule has 0 bridgehead atoms. The Bertz CT molecular complexity index is 866. The van der Waals surface area contributed by atoms with Crippen molar-refractivity contribution in [2.24, 2.45) is 46.8 Å². The highest BCUT2D eigenvalue weighted by Crippen LogP contribution is 2.66. The minimum atomic E-state index is 0.158. The van der Waals surface area contributed by atoms with E-state index < -0.39 is 0 Å². The van der Waals surface area contributed by atoms with Crippen molar-refractivity contribution in [1.29, 1.82) is 0 Å². The SMILES string of the molecule is C[C@@H]1CN[C@H]2[C@@H](C)[C@@]3(CC[C@@H]4C(C[C@H]5[C@H]4CC[C@@H]4Cc6[nH]ncc6C[C@@]45C)C3)O[C@@H]2C1. The van der Waals surface area contributed by atoms with Crippen LogP contribution in [0.15, 0.2) is 6.20 Å². The topological polar surface area (TPSA) is 49.9 Å². The lowest BCUT2D eigenvalue weighted by Gasteiger charge is -2.52. The van der Waals surface area contributed by atoms with Crippen LogP contribution in [0, 0.1) is 46.8 Å². The van der Waals surface area contributed by atoms with Gasteiger partial charge in [-0.1, -0.05) is 20.8 Å². The first-order chi connectivity index (χ1) is 15.0. The number of hydrogen-bond donors (Lipinski definition) is 2. The summed E-state index contributed by atoms with van der Waals surface area (Å²) in [6, 6.07) is 0.594. The van der Waals surface area contributed by atoms with Gasteiger partial charge in [-0.15, -0.1) is 0 Å². The molecule has 0 aromatic carbocycles. The Kier molecular flexibility index (Phi) is 4.17. The number of nitrogens with zero attached hydrogens (tertiary/aromatic N) is 1. The van der Waals surface area contributed by atoms with E-state index in [9.17, 15) is 0 Å². The number of aromatic amines is 1. The van der Waals surface area contributed by atoms with Crippen molar-refractivity contribution in [2.75, 3.05) is 6.54 Å². The van der Waals surface area contributed by atoms with Gasteiger partial charge in [-0.05, 0) is 111 Å². The highest BCUT2D eigenvalue weighted by atomic mass is 16.5. The molecule has 4 nitrogen and oxygen atoms in total. The number of aromatic nitrogens is 2. The maximum absolute atomic E-state index is 7.03. The molecule has 3 saturated carbocycles. The van der Waals surface area contributed by atoms with Crippen molar-refractivity contribution >= 4 is 0 Å². The summed E-state index contributed by atoms with van der Waals surface area (Å²) in [6.07, 6.45) is 14.8.